The van der Waals surface area contributed by atoms with Crippen molar-refractivity contribution in [2.24, 2.45) is 0 Å². The number of hydrogen-bond donors (Lipinski definition) is 0. The molecule has 0 bridgehead atoms. The second-order valence-electron chi connectivity index (χ2n) is 7.00. The Kier molecular flexibility index (Phi) is 5.95. The molecule has 1 heterocycles. The van der Waals surface area contributed by atoms with Gasteiger partial charge in [-0.15, -0.1) is 5.10 Å². The molecular formula is C20H25N5O2S. The minimum atomic E-state index is 0.147. The van der Waals surface area contributed by atoms with Crippen LogP contribution in [0.5, 0.6) is 5.75 Å². The van der Waals surface area contributed by atoms with Crippen molar-refractivity contribution in [1.29, 1.82) is 0 Å². The summed E-state index contributed by atoms with van der Waals surface area (Å²) in [5.74, 6) is 1.19. The maximum absolute atomic E-state index is 13.0. The molecule has 4 rings (SSSR count). The van der Waals surface area contributed by atoms with Crippen LogP contribution in [0.4, 0.5) is 0 Å². The highest BCUT2D eigenvalue weighted by Crippen LogP contribution is 2.35. The lowest BCUT2D eigenvalue weighted by Gasteiger charge is -2.27. The third-order valence-electron chi connectivity index (χ3n) is 4.92. The van der Waals surface area contributed by atoms with Gasteiger partial charge in [-0.05, 0) is 68.0 Å². The number of benzene rings is 1. The van der Waals surface area contributed by atoms with Crippen molar-refractivity contribution in [2.75, 3.05) is 12.4 Å². The molecule has 0 unspecified atom stereocenters. The number of nitrogens with zero attached hydrogens (tertiary/aromatic N) is 5. The van der Waals surface area contributed by atoms with Crippen LogP contribution in [0.3, 0.4) is 0 Å². The van der Waals surface area contributed by atoms with Gasteiger partial charge in [0, 0.05) is 11.7 Å². The molecule has 0 spiro atoms. The molecule has 28 heavy (non-hydrogen) atoms. The van der Waals surface area contributed by atoms with E-state index in [1.807, 2.05) is 36.1 Å². The van der Waals surface area contributed by atoms with Crippen LogP contribution in [0.15, 0.2) is 41.2 Å². The molecule has 0 N–H and O–H groups in total. The molecule has 1 saturated carbocycles. The summed E-state index contributed by atoms with van der Waals surface area (Å²) in [7, 11) is 0. The number of para-hydroxylation sites is 2. The summed E-state index contributed by atoms with van der Waals surface area (Å²) in [4.78, 5) is 15.0. The molecule has 0 aliphatic heterocycles. The van der Waals surface area contributed by atoms with Gasteiger partial charge in [0.25, 0.3) is 0 Å². The van der Waals surface area contributed by atoms with Crippen LogP contribution in [-0.4, -0.2) is 49.4 Å². The van der Waals surface area contributed by atoms with E-state index in [0.717, 1.165) is 37.1 Å². The molecule has 2 aliphatic carbocycles. The van der Waals surface area contributed by atoms with Crippen LogP contribution >= 0.6 is 11.8 Å². The fourth-order valence-corrected chi connectivity index (χ4v) is 4.24. The zero-order chi connectivity index (χ0) is 19.3. The summed E-state index contributed by atoms with van der Waals surface area (Å²) >= 11 is 1.37. The quantitative estimate of drug-likeness (QED) is 0.632. The van der Waals surface area contributed by atoms with Gasteiger partial charge in [0.15, 0.2) is 0 Å². The fraction of sp³-hybridized carbons (Fsp3) is 0.500. The van der Waals surface area contributed by atoms with E-state index in [2.05, 4.69) is 21.6 Å². The molecule has 0 saturated heterocycles. The van der Waals surface area contributed by atoms with Crippen molar-refractivity contribution in [3.63, 3.8) is 0 Å². The van der Waals surface area contributed by atoms with Gasteiger partial charge in [-0.3, -0.25) is 4.79 Å². The molecule has 7 nitrogen and oxygen atoms in total. The zero-order valence-corrected chi connectivity index (χ0v) is 16.9. The van der Waals surface area contributed by atoms with E-state index < -0.39 is 0 Å². The summed E-state index contributed by atoms with van der Waals surface area (Å²) in [6.07, 6.45) is 8.92. The number of hydrogen-bond acceptors (Lipinski definition) is 6. The number of thioether (sulfide) groups is 1. The molecular weight excluding hydrogens is 374 g/mol. The second kappa shape index (κ2) is 8.77. The number of tetrazole rings is 1. The maximum atomic E-state index is 13.0. The number of carbonyl (C=O) groups excluding carboxylic acids is 1. The first kappa shape index (κ1) is 19.0. The van der Waals surface area contributed by atoms with Gasteiger partial charge in [0.1, 0.15) is 11.4 Å². The fourth-order valence-electron chi connectivity index (χ4n) is 3.50. The smallest absolute Gasteiger partial charge is 0.237 e. The Morgan fingerprint density at radius 2 is 2.18 bits per heavy atom. The van der Waals surface area contributed by atoms with Crippen molar-refractivity contribution in [3.05, 3.63) is 36.0 Å². The van der Waals surface area contributed by atoms with E-state index in [1.165, 1.54) is 30.3 Å². The first-order valence-electron chi connectivity index (χ1n) is 9.92. The van der Waals surface area contributed by atoms with Gasteiger partial charge in [0.05, 0.1) is 12.4 Å². The minimum Gasteiger partial charge on any atom is -0.492 e. The molecule has 1 aromatic heterocycles. The maximum Gasteiger partial charge on any atom is 0.237 e. The summed E-state index contributed by atoms with van der Waals surface area (Å²) in [6.45, 7) is 2.50. The zero-order valence-electron chi connectivity index (χ0n) is 16.1. The van der Waals surface area contributed by atoms with Crippen LogP contribution in [0.2, 0.25) is 0 Å². The number of carbonyl (C=O) groups is 1. The molecule has 2 aliphatic rings. The normalized spacial score (nSPS) is 16.5. The Balaban J connectivity index is 1.48. The molecule has 1 aromatic carbocycles. The number of allylic oxidation sites excluding steroid dienone is 2. The topological polar surface area (TPSA) is 73.1 Å². The number of aromatic nitrogens is 4. The standard InChI is InChI=1S/C20H25N5O2S/c1-2-27-18-11-7-6-10-17(18)25-20(21-22-23-25)28-14-19(26)24(16-12-13-16)15-8-4-3-5-9-15/h6-8,10-11,16H,2-5,9,12-14H2,1H3. The largest absolute Gasteiger partial charge is 0.492 e. The Hall–Kier alpha value is -2.35. The van der Waals surface area contributed by atoms with E-state index in [0.29, 0.717) is 23.6 Å². The molecule has 0 atom stereocenters. The van der Waals surface area contributed by atoms with Crippen LogP contribution in [0.25, 0.3) is 5.69 Å². The lowest BCUT2D eigenvalue weighted by molar-refractivity contribution is -0.127. The molecule has 1 amide bonds. The van der Waals surface area contributed by atoms with E-state index in [-0.39, 0.29) is 5.91 Å². The SMILES string of the molecule is CCOc1ccccc1-n1nnnc1SCC(=O)N(C1=CCCCC1)C1CC1. The lowest BCUT2D eigenvalue weighted by Crippen LogP contribution is -2.34. The highest BCUT2D eigenvalue weighted by atomic mass is 32.2. The monoisotopic (exact) mass is 399 g/mol. The van der Waals surface area contributed by atoms with Crippen LogP contribution in [0.1, 0.15) is 45.4 Å². The highest BCUT2D eigenvalue weighted by Gasteiger charge is 2.35. The Morgan fingerprint density at radius 3 is 2.93 bits per heavy atom. The van der Waals surface area contributed by atoms with Gasteiger partial charge in [-0.1, -0.05) is 30.0 Å². The van der Waals surface area contributed by atoms with Gasteiger partial charge < -0.3 is 9.64 Å². The first-order chi connectivity index (χ1) is 13.8. The van der Waals surface area contributed by atoms with Crippen molar-refractivity contribution in [3.8, 4) is 11.4 Å². The minimum absolute atomic E-state index is 0.147. The Labute approximate surface area is 169 Å². The molecule has 0 radical (unpaired) electrons. The predicted octanol–water partition coefficient (Wildman–Crippen LogP) is 3.60. The molecule has 8 heteroatoms. The Morgan fingerprint density at radius 1 is 1.32 bits per heavy atom. The van der Waals surface area contributed by atoms with Crippen LogP contribution in [-0.2, 0) is 4.79 Å². The van der Waals surface area contributed by atoms with E-state index in [9.17, 15) is 4.79 Å². The average molecular weight is 400 g/mol. The highest BCUT2D eigenvalue weighted by molar-refractivity contribution is 7.99. The third-order valence-corrected chi connectivity index (χ3v) is 5.82. The summed E-state index contributed by atoms with van der Waals surface area (Å²) in [6, 6.07) is 8.03. The summed E-state index contributed by atoms with van der Waals surface area (Å²) in [5, 5.41) is 12.6. The van der Waals surface area contributed by atoms with Crippen molar-refractivity contribution < 1.29 is 9.53 Å². The second-order valence-corrected chi connectivity index (χ2v) is 7.94. The molecule has 1 fully saturated rings. The predicted molar refractivity (Wildman–Crippen MR) is 107 cm³/mol. The number of rotatable bonds is 8. The van der Waals surface area contributed by atoms with E-state index in [4.69, 9.17) is 4.74 Å². The molecule has 148 valence electrons. The summed E-state index contributed by atoms with van der Waals surface area (Å²) < 4.78 is 7.33. The van der Waals surface area contributed by atoms with Crippen molar-refractivity contribution >= 4 is 17.7 Å². The Bertz CT molecular complexity index is 862. The number of ether oxygens (including phenoxy) is 1. The van der Waals surface area contributed by atoms with E-state index >= 15 is 0 Å². The summed E-state index contributed by atoms with van der Waals surface area (Å²) in [5.41, 5.74) is 1.99. The van der Waals surface area contributed by atoms with E-state index in [1.54, 1.807) is 4.68 Å². The number of amides is 1. The molecule has 2 aromatic rings. The first-order valence-corrected chi connectivity index (χ1v) is 10.9. The van der Waals surface area contributed by atoms with Crippen molar-refractivity contribution in [2.45, 2.75) is 56.6 Å². The van der Waals surface area contributed by atoms with Crippen molar-refractivity contribution in [1.82, 2.24) is 25.1 Å². The van der Waals surface area contributed by atoms with Gasteiger partial charge in [-0.2, -0.15) is 4.68 Å². The van der Waals surface area contributed by atoms with Gasteiger partial charge in [0.2, 0.25) is 11.1 Å². The lowest BCUT2D eigenvalue weighted by atomic mass is 10.0. The third kappa shape index (κ3) is 4.22. The van der Waals surface area contributed by atoms with Crippen LogP contribution < -0.4 is 4.74 Å². The van der Waals surface area contributed by atoms with Gasteiger partial charge >= 0.3 is 0 Å². The van der Waals surface area contributed by atoms with Gasteiger partial charge in [-0.25, -0.2) is 0 Å². The average Bonchev–Trinajstić information content (AvgIpc) is 3.44. The van der Waals surface area contributed by atoms with Crippen LogP contribution in [0, 0.1) is 0 Å².